The van der Waals surface area contributed by atoms with Crippen molar-refractivity contribution in [2.75, 3.05) is 13.1 Å². The van der Waals surface area contributed by atoms with E-state index in [0.717, 1.165) is 11.0 Å². The fraction of sp³-hybridized carbons (Fsp3) is 0.643. The number of nitrogens with two attached hydrogens (primary N) is 1. The number of rotatable bonds is 6. The maximum atomic E-state index is 5.98. The van der Waals surface area contributed by atoms with Crippen molar-refractivity contribution in [3.05, 3.63) is 28.5 Å². The molecule has 0 saturated heterocycles. The summed E-state index contributed by atoms with van der Waals surface area (Å²) in [4.78, 5) is 6.70. The van der Waals surface area contributed by atoms with Gasteiger partial charge >= 0.3 is 0 Å². The molecule has 0 bridgehead atoms. The van der Waals surface area contributed by atoms with E-state index in [-0.39, 0.29) is 6.04 Å². The number of hydrogen-bond acceptors (Lipinski definition) is 3. The third kappa shape index (κ3) is 4.34. The third-order valence-corrected chi connectivity index (χ3v) is 3.41. The number of nitrogens with zero attached hydrogens (tertiary/aromatic N) is 2. The summed E-state index contributed by atoms with van der Waals surface area (Å²) in [5.41, 5.74) is 7.17. The van der Waals surface area contributed by atoms with Crippen molar-refractivity contribution >= 4 is 15.9 Å². The molecular formula is C14H24BrN3. The lowest BCUT2D eigenvalue weighted by molar-refractivity contribution is 0.138. The molecule has 1 rings (SSSR count). The van der Waals surface area contributed by atoms with Gasteiger partial charge in [-0.3, -0.25) is 9.88 Å². The van der Waals surface area contributed by atoms with Gasteiger partial charge in [0.2, 0.25) is 0 Å². The zero-order chi connectivity index (χ0) is 13.7. The molecule has 2 N–H and O–H groups in total. The maximum Gasteiger partial charge on any atom is 0.0488 e. The van der Waals surface area contributed by atoms with Gasteiger partial charge in [-0.25, -0.2) is 0 Å². The summed E-state index contributed by atoms with van der Waals surface area (Å²) in [6, 6.07) is 2.82. The van der Waals surface area contributed by atoms with Crippen molar-refractivity contribution in [3.8, 4) is 0 Å². The molecule has 1 heterocycles. The Morgan fingerprint density at radius 2 is 1.94 bits per heavy atom. The van der Waals surface area contributed by atoms with Gasteiger partial charge in [0.15, 0.2) is 0 Å². The van der Waals surface area contributed by atoms with Gasteiger partial charge in [-0.15, -0.1) is 0 Å². The van der Waals surface area contributed by atoms with E-state index in [4.69, 9.17) is 5.73 Å². The molecule has 0 amide bonds. The Balaban J connectivity index is 2.98. The fourth-order valence-corrected chi connectivity index (χ4v) is 2.58. The van der Waals surface area contributed by atoms with Gasteiger partial charge in [-0.05, 0) is 47.3 Å². The highest BCUT2D eigenvalue weighted by Gasteiger charge is 2.22. The van der Waals surface area contributed by atoms with Gasteiger partial charge in [0.25, 0.3) is 0 Å². The maximum absolute atomic E-state index is 5.98. The summed E-state index contributed by atoms with van der Waals surface area (Å²) in [7, 11) is 0. The highest BCUT2D eigenvalue weighted by Crippen LogP contribution is 2.24. The molecule has 1 unspecified atom stereocenters. The van der Waals surface area contributed by atoms with Crippen molar-refractivity contribution in [1.82, 2.24) is 9.88 Å². The first-order valence-corrected chi connectivity index (χ1v) is 7.31. The molecule has 3 nitrogen and oxygen atoms in total. The monoisotopic (exact) mass is 313 g/mol. The summed E-state index contributed by atoms with van der Waals surface area (Å²) in [5, 5.41) is 0. The molecule has 0 radical (unpaired) electrons. The van der Waals surface area contributed by atoms with Crippen LogP contribution >= 0.6 is 15.9 Å². The Kier molecular flexibility index (Phi) is 6.26. The van der Waals surface area contributed by atoms with Crippen LogP contribution in [0.4, 0.5) is 0 Å². The van der Waals surface area contributed by atoms with Crippen molar-refractivity contribution in [3.63, 3.8) is 0 Å². The summed E-state index contributed by atoms with van der Waals surface area (Å²) in [5.74, 6) is 0.626. The molecule has 18 heavy (non-hydrogen) atoms. The van der Waals surface area contributed by atoms with Crippen LogP contribution in [0.2, 0.25) is 0 Å². The molecule has 1 aromatic rings. The second kappa shape index (κ2) is 7.22. The molecule has 102 valence electrons. The molecule has 1 aromatic heterocycles. The van der Waals surface area contributed by atoms with Crippen LogP contribution in [0.15, 0.2) is 22.9 Å². The lowest BCUT2D eigenvalue weighted by Crippen LogP contribution is -2.40. The van der Waals surface area contributed by atoms with Crippen LogP contribution in [-0.2, 0) is 0 Å². The van der Waals surface area contributed by atoms with Crippen molar-refractivity contribution < 1.29 is 0 Å². The Morgan fingerprint density at radius 1 is 1.28 bits per heavy atom. The molecule has 1 atom stereocenters. The van der Waals surface area contributed by atoms with Crippen LogP contribution in [0.5, 0.6) is 0 Å². The Hall–Kier alpha value is -0.450. The molecular weight excluding hydrogens is 290 g/mol. The van der Waals surface area contributed by atoms with E-state index in [1.807, 2.05) is 6.20 Å². The lowest BCUT2D eigenvalue weighted by Gasteiger charge is -2.35. The minimum absolute atomic E-state index is 0.234. The molecule has 0 saturated carbocycles. The van der Waals surface area contributed by atoms with Crippen molar-refractivity contribution in [2.45, 2.75) is 39.8 Å². The van der Waals surface area contributed by atoms with E-state index in [1.165, 1.54) is 5.56 Å². The van der Waals surface area contributed by atoms with Gasteiger partial charge in [-0.1, -0.05) is 13.8 Å². The standard InChI is InChI=1S/C14H24BrN3/c1-10(2)9-18(11(3)4)14(6-16)12-5-13(15)8-17-7-12/h5,7-8,10-11,14H,6,9,16H2,1-4H3. The first-order valence-electron chi connectivity index (χ1n) is 6.52. The molecule has 0 aliphatic heterocycles. The predicted molar refractivity (Wildman–Crippen MR) is 80.4 cm³/mol. The summed E-state index contributed by atoms with van der Waals surface area (Å²) in [6.45, 7) is 10.6. The number of hydrogen-bond donors (Lipinski definition) is 1. The third-order valence-electron chi connectivity index (χ3n) is 2.97. The zero-order valence-electron chi connectivity index (χ0n) is 11.7. The van der Waals surface area contributed by atoms with E-state index in [0.29, 0.717) is 18.5 Å². The van der Waals surface area contributed by atoms with Crippen molar-refractivity contribution in [1.29, 1.82) is 0 Å². The fourth-order valence-electron chi connectivity index (χ4n) is 2.19. The van der Waals surface area contributed by atoms with E-state index < -0.39 is 0 Å². The zero-order valence-corrected chi connectivity index (χ0v) is 13.3. The van der Waals surface area contributed by atoms with E-state index in [2.05, 4.69) is 59.6 Å². The van der Waals surface area contributed by atoms with Crippen LogP contribution < -0.4 is 5.73 Å². The van der Waals surface area contributed by atoms with Crippen LogP contribution in [0.3, 0.4) is 0 Å². The van der Waals surface area contributed by atoms with Gasteiger partial charge in [0.05, 0.1) is 0 Å². The van der Waals surface area contributed by atoms with Gasteiger partial charge in [0, 0.05) is 42.0 Å². The normalized spacial score (nSPS) is 13.6. The average Bonchev–Trinajstić information content (AvgIpc) is 2.28. The average molecular weight is 314 g/mol. The van der Waals surface area contributed by atoms with Crippen molar-refractivity contribution in [2.24, 2.45) is 11.7 Å². The van der Waals surface area contributed by atoms with E-state index in [9.17, 15) is 0 Å². The minimum Gasteiger partial charge on any atom is -0.329 e. The van der Waals surface area contributed by atoms with Crippen LogP contribution in [-0.4, -0.2) is 29.0 Å². The minimum atomic E-state index is 0.234. The molecule has 0 fully saturated rings. The van der Waals surface area contributed by atoms with Gasteiger partial charge in [0.1, 0.15) is 0 Å². The number of aromatic nitrogens is 1. The molecule has 0 spiro atoms. The second-order valence-corrected chi connectivity index (χ2v) is 6.29. The smallest absolute Gasteiger partial charge is 0.0488 e. The molecule has 0 aliphatic carbocycles. The highest BCUT2D eigenvalue weighted by molar-refractivity contribution is 9.10. The van der Waals surface area contributed by atoms with E-state index in [1.54, 1.807) is 6.20 Å². The second-order valence-electron chi connectivity index (χ2n) is 5.37. The quantitative estimate of drug-likeness (QED) is 0.877. The Morgan fingerprint density at radius 3 is 2.39 bits per heavy atom. The summed E-state index contributed by atoms with van der Waals surface area (Å²) >= 11 is 3.47. The lowest BCUT2D eigenvalue weighted by atomic mass is 10.0. The van der Waals surface area contributed by atoms with Crippen LogP contribution in [0.25, 0.3) is 0 Å². The SMILES string of the molecule is CC(C)CN(C(C)C)C(CN)c1cncc(Br)c1. The largest absolute Gasteiger partial charge is 0.329 e. The van der Waals surface area contributed by atoms with Gasteiger partial charge in [-0.2, -0.15) is 0 Å². The summed E-state index contributed by atoms with van der Waals surface area (Å²) in [6.07, 6.45) is 3.72. The number of pyridine rings is 1. The molecule has 0 aromatic carbocycles. The molecule has 4 heteroatoms. The Labute approximate surface area is 119 Å². The first kappa shape index (κ1) is 15.6. The predicted octanol–water partition coefficient (Wildman–Crippen LogP) is 3.21. The van der Waals surface area contributed by atoms with Gasteiger partial charge < -0.3 is 5.73 Å². The topological polar surface area (TPSA) is 42.1 Å². The van der Waals surface area contributed by atoms with Crippen LogP contribution in [0.1, 0.15) is 39.3 Å². The Bertz CT molecular complexity index is 366. The first-order chi connectivity index (χ1) is 8.45. The number of halogens is 1. The molecule has 0 aliphatic rings. The highest BCUT2D eigenvalue weighted by atomic mass is 79.9. The summed E-state index contributed by atoms with van der Waals surface area (Å²) < 4.78 is 1.01. The van der Waals surface area contributed by atoms with E-state index >= 15 is 0 Å². The van der Waals surface area contributed by atoms with Crippen LogP contribution in [0, 0.1) is 5.92 Å².